The van der Waals surface area contributed by atoms with Gasteiger partial charge < -0.3 is 11.1 Å². The highest BCUT2D eigenvalue weighted by Crippen LogP contribution is 2.38. The molecule has 0 unspecified atom stereocenters. The number of halogens is 2. The van der Waals surface area contributed by atoms with E-state index in [9.17, 15) is 34.7 Å². The van der Waals surface area contributed by atoms with E-state index in [4.69, 9.17) is 5.73 Å². The zero-order valence-electron chi connectivity index (χ0n) is 17.7. The molecule has 4 aromatic rings. The van der Waals surface area contributed by atoms with Gasteiger partial charge in [-0.05, 0) is 24.3 Å². The third-order valence-corrected chi connectivity index (χ3v) is 6.54. The zero-order chi connectivity index (χ0) is 26.3. The lowest BCUT2D eigenvalue weighted by Crippen LogP contribution is -2.02. The molecule has 0 aliphatic heterocycles. The summed E-state index contributed by atoms with van der Waals surface area (Å²) in [6, 6.07) is 10.9. The van der Waals surface area contributed by atoms with Crippen molar-refractivity contribution in [2.75, 3.05) is 11.1 Å². The summed E-state index contributed by atoms with van der Waals surface area (Å²) in [7, 11) is -9.52. The van der Waals surface area contributed by atoms with Crippen molar-refractivity contribution < 1.29 is 34.7 Å². The van der Waals surface area contributed by atoms with E-state index in [1.54, 1.807) is 6.07 Å². The van der Waals surface area contributed by atoms with Crippen molar-refractivity contribution in [2.24, 2.45) is 10.2 Å². The Kier molecular flexibility index (Phi) is 6.35. The van der Waals surface area contributed by atoms with E-state index >= 15 is 0 Å². The second-order valence-corrected chi connectivity index (χ2v) is 9.94. The molecule has 0 aliphatic carbocycles. The van der Waals surface area contributed by atoms with Crippen LogP contribution in [0, 0.1) is 12.0 Å². The summed E-state index contributed by atoms with van der Waals surface area (Å²) >= 11 is 0. The van der Waals surface area contributed by atoms with Gasteiger partial charge in [-0.15, -0.1) is 10.2 Å². The predicted octanol–water partition coefficient (Wildman–Crippen LogP) is 4.14. The minimum Gasteiger partial charge on any atom is -0.396 e. The third-order valence-electron chi connectivity index (χ3n) is 4.75. The normalized spacial score (nSPS) is 12.3. The van der Waals surface area contributed by atoms with Gasteiger partial charge in [-0.25, -0.2) is 0 Å². The van der Waals surface area contributed by atoms with Crippen LogP contribution in [-0.2, 0) is 20.2 Å². The fraction of sp³-hybridized carbons (Fsp3) is 0. The molecule has 0 radical (unpaired) electrons. The number of fused-ring (bicyclic) bond motifs is 1. The fourth-order valence-corrected chi connectivity index (χ4v) is 4.57. The van der Waals surface area contributed by atoms with Crippen molar-refractivity contribution in [3.05, 3.63) is 66.6 Å². The molecule has 1 heterocycles. The summed E-state index contributed by atoms with van der Waals surface area (Å²) in [6.45, 7) is 0. The Morgan fingerprint density at radius 3 is 2.08 bits per heavy atom. The van der Waals surface area contributed by atoms with Gasteiger partial charge in [0, 0.05) is 22.5 Å². The van der Waals surface area contributed by atoms with Crippen LogP contribution in [0.1, 0.15) is 0 Å². The van der Waals surface area contributed by atoms with Gasteiger partial charge in [0.15, 0.2) is 0 Å². The van der Waals surface area contributed by atoms with Gasteiger partial charge in [0.05, 0.1) is 5.69 Å². The SMILES string of the molecule is Nc1c(N=Nc2cc(Nc3cc(F)nc(F)n3)ccc2S(=O)(=O)O)cc(S(=O)(=O)O)c2ccccc12. The van der Waals surface area contributed by atoms with Gasteiger partial charge in [0.2, 0.25) is 5.95 Å². The average Bonchev–Trinajstić information content (AvgIpc) is 2.76. The van der Waals surface area contributed by atoms with Crippen LogP contribution in [0.25, 0.3) is 10.8 Å². The van der Waals surface area contributed by atoms with Crippen LogP contribution in [-0.4, -0.2) is 35.9 Å². The van der Waals surface area contributed by atoms with Crippen LogP contribution >= 0.6 is 0 Å². The lowest BCUT2D eigenvalue weighted by atomic mass is 10.1. The van der Waals surface area contributed by atoms with Gasteiger partial charge in [-0.2, -0.15) is 35.6 Å². The van der Waals surface area contributed by atoms with Crippen LogP contribution in [0.5, 0.6) is 0 Å². The maximum absolute atomic E-state index is 13.4. The van der Waals surface area contributed by atoms with E-state index in [1.807, 2.05) is 0 Å². The number of aromatic nitrogens is 2. The molecule has 0 saturated carbocycles. The highest BCUT2D eigenvalue weighted by atomic mass is 32.2. The number of nitrogens with zero attached hydrogens (tertiary/aromatic N) is 4. The molecule has 16 heteroatoms. The maximum Gasteiger partial charge on any atom is 0.313 e. The number of nitrogens with two attached hydrogens (primary N) is 1. The highest BCUT2D eigenvalue weighted by molar-refractivity contribution is 7.86. The Balaban J connectivity index is 1.84. The van der Waals surface area contributed by atoms with Gasteiger partial charge in [-0.1, -0.05) is 24.3 Å². The van der Waals surface area contributed by atoms with E-state index in [0.29, 0.717) is 0 Å². The van der Waals surface area contributed by atoms with Crippen LogP contribution < -0.4 is 11.1 Å². The summed E-state index contributed by atoms with van der Waals surface area (Å²) in [5, 5.41) is 10.5. The first-order valence-electron chi connectivity index (χ1n) is 9.62. The van der Waals surface area contributed by atoms with Crippen LogP contribution in [0.2, 0.25) is 0 Å². The van der Waals surface area contributed by atoms with Crippen LogP contribution in [0.3, 0.4) is 0 Å². The fourth-order valence-electron chi connectivity index (χ4n) is 3.25. The average molecular weight is 536 g/mol. The van der Waals surface area contributed by atoms with Crippen molar-refractivity contribution in [3.63, 3.8) is 0 Å². The van der Waals surface area contributed by atoms with Gasteiger partial charge in [0.1, 0.15) is 27.0 Å². The number of rotatable bonds is 6. The molecular weight excluding hydrogens is 522 g/mol. The van der Waals surface area contributed by atoms with E-state index in [2.05, 4.69) is 25.5 Å². The molecule has 4 rings (SSSR count). The molecule has 0 aliphatic rings. The number of hydrogen-bond donors (Lipinski definition) is 4. The van der Waals surface area contributed by atoms with Gasteiger partial charge in [0.25, 0.3) is 20.2 Å². The zero-order valence-corrected chi connectivity index (χ0v) is 19.3. The summed E-state index contributed by atoms with van der Waals surface area (Å²) in [4.78, 5) is 5.00. The van der Waals surface area contributed by atoms with Crippen molar-refractivity contribution in [1.29, 1.82) is 0 Å². The molecule has 0 saturated heterocycles. The largest absolute Gasteiger partial charge is 0.396 e. The summed E-state index contributed by atoms with van der Waals surface area (Å²) < 4.78 is 93.3. The van der Waals surface area contributed by atoms with Crippen LogP contribution in [0.15, 0.2) is 74.6 Å². The molecule has 0 atom stereocenters. The number of benzene rings is 3. The smallest absolute Gasteiger partial charge is 0.313 e. The summed E-state index contributed by atoms with van der Waals surface area (Å²) in [6.07, 6.45) is -1.35. The van der Waals surface area contributed by atoms with Crippen molar-refractivity contribution in [2.45, 2.75) is 9.79 Å². The summed E-state index contributed by atoms with van der Waals surface area (Å²) in [5.41, 5.74) is 5.41. The molecule has 0 spiro atoms. The lowest BCUT2D eigenvalue weighted by molar-refractivity contribution is 0.481. The minimum atomic E-state index is -4.81. The molecule has 5 N–H and O–H groups in total. The molecule has 0 amide bonds. The van der Waals surface area contributed by atoms with E-state index < -0.39 is 47.7 Å². The van der Waals surface area contributed by atoms with E-state index in [1.165, 1.54) is 18.2 Å². The summed E-state index contributed by atoms with van der Waals surface area (Å²) in [5.74, 6) is -1.47. The van der Waals surface area contributed by atoms with Crippen molar-refractivity contribution in [1.82, 2.24) is 9.97 Å². The first-order valence-corrected chi connectivity index (χ1v) is 12.5. The minimum absolute atomic E-state index is 0.0311. The standard InChI is InChI=1S/C20H14F2N6O6S2/c21-17-9-18(26-20(22)25-17)24-10-5-6-15(35(29,30)31)13(7-10)27-28-14-8-16(36(32,33)34)11-3-1-2-4-12(11)19(14)23/h1-9H,23H2,(H,24,25,26)(H,29,30,31)(H,32,33,34). The Bertz CT molecular complexity index is 1740. The first-order chi connectivity index (χ1) is 16.8. The molecule has 0 fully saturated rings. The number of nitrogen functional groups attached to an aromatic ring is 1. The molecule has 12 nitrogen and oxygen atoms in total. The number of nitrogens with one attached hydrogen (secondary N) is 1. The number of anilines is 3. The number of azo groups is 1. The van der Waals surface area contributed by atoms with Crippen molar-refractivity contribution >= 4 is 59.6 Å². The Morgan fingerprint density at radius 2 is 1.44 bits per heavy atom. The molecular formula is C20H14F2N6O6S2. The Labute approximate surface area is 202 Å². The molecule has 1 aromatic heterocycles. The second-order valence-electron chi connectivity index (χ2n) is 7.16. The highest BCUT2D eigenvalue weighted by Gasteiger charge is 2.20. The van der Waals surface area contributed by atoms with E-state index in [-0.39, 0.29) is 33.7 Å². The molecule has 0 bridgehead atoms. The number of hydrogen-bond acceptors (Lipinski definition) is 10. The maximum atomic E-state index is 13.4. The topological polar surface area (TPSA) is 197 Å². The molecule has 186 valence electrons. The van der Waals surface area contributed by atoms with Gasteiger partial charge in [-0.3, -0.25) is 9.11 Å². The van der Waals surface area contributed by atoms with Gasteiger partial charge >= 0.3 is 6.08 Å². The van der Waals surface area contributed by atoms with Crippen LogP contribution in [0.4, 0.5) is 37.3 Å². The molecule has 3 aromatic carbocycles. The predicted molar refractivity (Wildman–Crippen MR) is 124 cm³/mol. The second kappa shape index (κ2) is 9.15. The lowest BCUT2D eigenvalue weighted by Gasteiger charge is -2.10. The Morgan fingerprint density at radius 1 is 0.806 bits per heavy atom. The third kappa shape index (κ3) is 5.25. The Hall–Kier alpha value is -4.12. The first kappa shape index (κ1) is 25.0. The van der Waals surface area contributed by atoms with Crippen molar-refractivity contribution in [3.8, 4) is 0 Å². The van der Waals surface area contributed by atoms with E-state index in [0.717, 1.165) is 30.3 Å². The quantitative estimate of drug-likeness (QED) is 0.0913. The molecule has 36 heavy (non-hydrogen) atoms. The monoisotopic (exact) mass is 536 g/mol.